The van der Waals surface area contributed by atoms with E-state index in [0.29, 0.717) is 22.0 Å². The zero-order valence-electron chi connectivity index (χ0n) is 11.6. The van der Waals surface area contributed by atoms with Crippen LogP contribution in [0.25, 0.3) is 11.2 Å². The summed E-state index contributed by atoms with van der Waals surface area (Å²) >= 11 is 5.94. The highest BCUT2D eigenvalue weighted by Gasteiger charge is 2.21. The largest absolute Gasteiger partial charge is 0.387 e. The molecule has 3 aromatic heterocycles. The van der Waals surface area contributed by atoms with E-state index in [1.807, 2.05) is 19.1 Å². The Morgan fingerprint density at radius 2 is 2.10 bits per heavy atom. The Morgan fingerprint density at radius 1 is 1.29 bits per heavy atom. The van der Waals surface area contributed by atoms with Gasteiger partial charge in [0.15, 0.2) is 5.65 Å². The van der Waals surface area contributed by atoms with E-state index in [-0.39, 0.29) is 6.04 Å². The van der Waals surface area contributed by atoms with Gasteiger partial charge in [-0.3, -0.25) is 4.98 Å². The predicted octanol–water partition coefficient (Wildman–Crippen LogP) is 2.54. The standard InChI is InChI=1S/C14H14ClN5O/c1-8(10-4-3-5-16-6-10)20-14-13(12(19-20)9(2)21)17-7-11(15)18-14/h3-9,21H,1-2H3. The Labute approximate surface area is 126 Å². The highest BCUT2D eigenvalue weighted by Crippen LogP contribution is 2.26. The van der Waals surface area contributed by atoms with Crippen molar-refractivity contribution < 1.29 is 5.11 Å². The first kappa shape index (κ1) is 13.9. The number of rotatable bonds is 3. The van der Waals surface area contributed by atoms with Gasteiger partial charge in [0.05, 0.1) is 18.3 Å². The molecular weight excluding hydrogens is 290 g/mol. The Kier molecular flexibility index (Phi) is 3.57. The molecule has 3 aromatic rings. The van der Waals surface area contributed by atoms with Gasteiger partial charge in [0.1, 0.15) is 16.4 Å². The molecule has 2 atom stereocenters. The average Bonchev–Trinajstić information content (AvgIpc) is 2.86. The van der Waals surface area contributed by atoms with E-state index in [0.717, 1.165) is 5.56 Å². The smallest absolute Gasteiger partial charge is 0.179 e. The van der Waals surface area contributed by atoms with E-state index in [2.05, 4.69) is 20.1 Å². The SMILES string of the molecule is CC(O)c1nn(C(C)c2cccnc2)c2nc(Cl)cnc12. The third kappa shape index (κ3) is 2.48. The minimum atomic E-state index is -0.731. The summed E-state index contributed by atoms with van der Waals surface area (Å²) in [6.45, 7) is 3.63. The van der Waals surface area contributed by atoms with Gasteiger partial charge in [-0.15, -0.1) is 0 Å². The van der Waals surface area contributed by atoms with Crippen LogP contribution in [0.15, 0.2) is 30.7 Å². The Morgan fingerprint density at radius 3 is 2.76 bits per heavy atom. The molecule has 108 valence electrons. The van der Waals surface area contributed by atoms with E-state index in [1.54, 1.807) is 24.0 Å². The van der Waals surface area contributed by atoms with Crippen molar-refractivity contribution in [1.82, 2.24) is 24.7 Å². The molecule has 7 heteroatoms. The minimum absolute atomic E-state index is 0.0959. The van der Waals surface area contributed by atoms with Crippen LogP contribution in [0.5, 0.6) is 0 Å². The maximum atomic E-state index is 9.87. The summed E-state index contributed by atoms with van der Waals surface area (Å²) < 4.78 is 1.72. The highest BCUT2D eigenvalue weighted by molar-refractivity contribution is 6.29. The fraction of sp³-hybridized carbons (Fsp3) is 0.286. The molecule has 0 aliphatic carbocycles. The van der Waals surface area contributed by atoms with Crippen LogP contribution in [-0.4, -0.2) is 29.8 Å². The minimum Gasteiger partial charge on any atom is -0.387 e. The van der Waals surface area contributed by atoms with E-state index >= 15 is 0 Å². The maximum Gasteiger partial charge on any atom is 0.179 e. The average molecular weight is 304 g/mol. The molecule has 0 bridgehead atoms. The van der Waals surface area contributed by atoms with Crippen LogP contribution in [-0.2, 0) is 0 Å². The van der Waals surface area contributed by atoms with E-state index < -0.39 is 6.10 Å². The maximum absolute atomic E-state index is 9.87. The normalized spacial score (nSPS) is 14.3. The Bertz CT molecular complexity index is 772. The van der Waals surface area contributed by atoms with Crippen molar-refractivity contribution in [2.24, 2.45) is 0 Å². The molecule has 2 unspecified atom stereocenters. The fourth-order valence-electron chi connectivity index (χ4n) is 2.23. The van der Waals surface area contributed by atoms with Gasteiger partial charge in [-0.25, -0.2) is 14.6 Å². The van der Waals surface area contributed by atoms with Gasteiger partial charge < -0.3 is 5.11 Å². The van der Waals surface area contributed by atoms with E-state index in [1.165, 1.54) is 6.20 Å². The van der Waals surface area contributed by atoms with Gasteiger partial charge in [0.2, 0.25) is 0 Å². The molecule has 0 radical (unpaired) electrons. The molecule has 6 nitrogen and oxygen atoms in total. The zero-order chi connectivity index (χ0) is 15.0. The summed E-state index contributed by atoms with van der Waals surface area (Å²) in [6.07, 6.45) is 4.22. The summed E-state index contributed by atoms with van der Waals surface area (Å²) in [7, 11) is 0. The van der Waals surface area contributed by atoms with Crippen molar-refractivity contribution in [3.05, 3.63) is 47.1 Å². The summed E-state index contributed by atoms with van der Waals surface area (Å²) in [6, 6.07) is 3.73. The number of aliphatic hydroxyl groups excluding tert-OH is 1. The third-order valence-electron chi connectivity index (χ3n) is 3.33. The molecule has 0 fully saturated rings. The van der Waals surface area contributed by atoms with Crippen molar-refractivity contribution in [2.45, 2.75) is 26.0 Å². The predicted molar refractivity (Wildman–Crippen MR) is 79.0 cm³/mol. The summed E-state index contributed by atoms with van der Waals surface area (Å²) in [4.78, 5) is 12.7. The fourth-order valence-corrected chi connectivity index (χ4v) is 2.35. The second-order valence-corrected chi connectivity index (χ2v) is 5.22. The van der Waals surface area contributed by atoms with Crippen LogP contribution in [0.1, 0.15) is 37.3 Å². The molecule has 0 spiro atoms. The van der Waals surface area contributed by atoms with Gasteiger partial charge in [-0.2, -0.15) is 5.10 Å². The van der Waals surface area contributed by atoms with E-state index in [4.69, 9.17) is 11.6 Å². The number of hydrogen-bond donors (Lipinski definition) is 1. The first-order valence-electron chi connectivity index (χ1n) is 6.56. The lowest BCUT2D eigenvalue weighted by Crippen LogP contribution is -2.10. The molecular formula is C14H14ClN5O. The number of halogens is 1. The second-order valence-electron chi connectivity index (χ2n) is 4.83. The lowest BCUT2D eigenvalue weighted by molar-refractivity contribution is 0.194. The molecule has 0 aliphatic rings. The van der Waals surface area contributed by atoms with Crippen molar-refractivity contribution in [3.63, 3.8) is 0 Å². The molecule has 0 amide bonds. The molecule has 3 heterocycles. The second kappa shape index (κ2) is 5.38. The van der Waals surface area contributed by atoms with Crippen molar-refractivity contribution in [2.75, 3.05) is 0 Å². The molecule has 0 aromatic carbocycles. The summed E-state index contributed by atoms with van der Waals surface area (Å²) in [5, 5.41) is 14.6. The van der Waals surface area contributed by atoms with Crippen LogP contribution in [0.2, 0.25) is 5.15 Å². The summed E-state index contributed by atoms with van der Waals surface area (Å²) in [5.41, 5.74) is 2.59. The molecule has 0 aliphatic heterocycles. The van der Waals surface area contributed by atoms with Crippen LogP contribution in [0, 0.1) is 0 Å². The van der Waals surface area contributed by atoms with Crippen molar-refractivity contribution in [3.8, 4) is 0 Å². The number of aliphatic hydroxyl groups is 1. The van der Waals surface area contributed by atoms with Crippen LogP contribution in [0.4, 0.5) is 0 Å². The number of hydrogen-bond acceptors (Lipinski definition) is 5. The van der Waals surface area contributed by atoms with Crippen LogP contribution < -0.4 is 0 Å². The van der Waals surface area contributed by atoms with Gasteiger partial charge in [-0.05, 0) is 25.5 Å². The number of nitrogens with zero attached hydrogens (tertiary/aromatic N) is 5. The van der Waals surface area contributed by atoms with Gasteiger partial charge in [0, 0.05) is 12.4 Å². The third-order valence-corrected chi connectivity index (χ3v) is 3.51. The first-order valence-corrected chi connectivity index (χ1v) is 6.94. The van der Waals surface area contributed by atoms with Crippen molar-refractivity contribution >= 4 is 22.8 Å². The number of aromatic nitrogens is 5. The Balaban J connectivity index is 2.20. The molecule has 0 saturated heterocycles. The zero-order valence-corrected chi connectivity index (χ0v) is 12.4. The number of pyridine rings is 1. The lowest BCUT2D eigenvalue weighted by atomic mass is 10.1. The molecule has 1 N–H and O–H groups in total. The quantitative estimate of drug-likeness (QED) is 0.804. The summed E-state index contributed by atoms with van der Waals surface area (Å²) in [5.74, 6) is 0. The van der Waals surface area contributed by atoms with Crippen LogP contribution >= 0.6 is 11.6 Å². The molecule has 0 saturated carbocycles. The van der Waals surface area contributed by atoms with Crippen molar-refractivity contribution in [1.29, 1.82) is 0 Å². The van der Waals surface area contributed by atoms with E-state index in [9.17, 15) is 5.11 Å². The lowest BCUT2D eigenvalue weighted by Gasteiger charge is -2.12. The first-order chi connectivity index (χ1) is 10.1. The van der Waals surface area contributed by atoms with Crippen LogP contribution in [0.3, 0.4) is 0 Å². The Hall–Kier alpha value is -2.05. The highest BCUT2D eigenvalue weighted by atomic mass is 35.5. The molecule has 21 heavy (non-hydrogen) atoms. The van der Waals surface area contributed by atoms with Gasteiger partial charge in [-0.1, -0.05) is 17.7 Å². The van der Waals surface area contributed by atoms with Gasteiger partial charge in [0.25, 0.3) is 0 Å². The number of fused-ring (bicyclic) bond motifs is 1. The topological polar surface area (TPSA) is 76.7 Å². The van der Waals surface area contributed by atoms with Gasteiger partial charge >= 0.3 is 0 Å². The monoisotopic (exact) mass is 303 g/mol. The molecule has 3 rings (SSSR count).